The van der Waals surface area contributed by atoms with Crippen LogP contribution in [0.25, 0.3) is 0 Å². The van der Waals surface area contributed by atoms with E-state index in [0.717, 1.165) is 19.8 Å². The van der Waals surface area contributed by atoms with Crippen molar-refractivity contribution in [2.75, 3.05) is 26.3 Å². The minimum atomic E-state index is -0.445. The van der Waals surface area contributed by atoms with Crippen molar-refractivity contribution in [2.24, 2.45) is 0 Å². The minimum absolute atomic E-state index is 0.387. The molecule has 0 aromatic carbocycles. The van der Waals surface area contributed by atoms with Gasteiger partial charge in [0.05, 0.1) is 19.3 Å². The molecule has 17 heavy (non-hydrogen) atoms. The number of rotatable bonds is 5. The topological polar surface area (TPSA) is 59.6 Å². The molecule has 0 spiro atoms. The van der Waals surface area contributed by atoms with Crippen LogP contribution in [-0.4, -0.2) is 44.0 Å². The number of alkyl carbamates (subject to hydrolysis) is 1. The van der Waals surface area contributed by atoms with Crippen LogP contribution in [0.15, 0.2) is 12.2 Å². The van der Waals surface area contributed by atoms with Crippen molar-refractivity contribution in [1.29, 1.82) is 0 Å². The van der Waals surface area contributed by atoms with Crippen molar-refractivity contribution in [3.8, 4) is 0 Å². The van der Waals surface area contributed by atoms with E-state index < -0.39 is 5.60 Å². The summed E-state index contributed by atoms with van der Waals surface area (Å²) in [4.78, 5) is 11.3. The molecule has 1 saturated heterocycles. The van der Waals surface area contributed by atoms with Gasteiger partial charge in [0.2, 0.25) is 0 Å². The van der Waals surface area contributed by atoms with E-state index in [0.29, 0.717) is 12.6 Å². The van der Waals surface area contributed by atoms with Crippen LogP contribution in [0, 0.1) is 0 Å². The maximum Gasteiger partial charge on any atom is 0.407 e. The molecule has 0 radical (unpaired) electrons. The van der Waals surface area contributed by atoms with Crippen LogP contribution in [0.2, 0.25) is 0 Å². The van der Waals surface area contributed by atoms with Crippen LogP contribution >= 0.6 is 0 Å². The molecule has 5 nitrogen and oxygen atoms in total. The normalized spacial score (nSPS) is 16.9. The lowest BCUT2D eigenvalue weighted by molar-refractivity contribution is -0.00346. The summed E-state index contributed by atoms with van der Waals surface area (Å²) < 4.78 is 10.1. The van der Waals surface area contributed by atoms with Gasteiger partial charge in [0.15, 0.2) is 0 Å². The monoisotopic (exact) mass is 242 g/mol. The molecule has 0 aromatic rings. The Kier molecular flexibility index (Phi) is 5.44. The highest BCUT2D eigenvalue weighted by Gasteiger charge is 2.16. The average Bonchev–Trinajstić information content (AvgIpc) is 2.10. The molecule has 1 rings (SSSR count). The van der Waals surface area contributed by atoms with E-state index in [1.807, 2.05) is 32.9 Å². The zero-order valence-corrected chi connectivity index (χ0v) is 10.8. The largest absolute Gasteiger partial charge is 0.444 e. The lowest BCUT2D eigenvalue weighted by Crippen LogP contribution is -2.45. The molecule has 98 valence electrons. The fourth-order valence-electron chi connectivity index (χ4n) is 1.21. The smallest absolute Gasteiger partial charge is 0.407 e. The number of hydrogen-bond acceptors (Lipinski definition) is 4. The number of carbonyl (C=O) groups is 1. The first-order chi connectivity index (χ1) is 7.97. The predicted octanol–water partition coefficient (Wildman–Crippen LogP) is 1.06. The molecule has 1 aliphatic rings. The zero-order chi connectivity index (χ0) is 12.7. The fourth-order valence-corrected chi connectivity index (χ4v) is 1.21. The zero-order valence-electron chi connectivity index (χ0n) is 10.8. The molecule has 2 N–H and O–H groups in total. The molecular weight excluding hydrogens is 220 g/mol. The molecule has 0 saturated carbocycles. The Morgan fingerprint density at radius 1 is 1.35 bits per heavy atom. The summed E-state index contributed by atoms with van der Waals surface area (Å²) in [5, 5.41) is 5.94. The van der Waals surface area contributed by atoms with E-state index in [2.05, 4.69) is 10.6 Å². The van der Waals surface area contributed by atoms with Gasteiger partial charge in [0.25, 0.3) is 0 Å². The Hall–Kier alpha value is -1.07. The van der Waals surface area contributed by atoms with Gasteiger partial charge in [0, 0.05) is 13.1 Å². The van der Waals surface area contributed by atoms with Gasteiger partial charge >= 0.3 is 6.09 Å². The van der Waals surface area contributed by atoms with Crippen molar-refractivity contribution in [3.63, 3.8) is 0 Å². The minimum Gasteiger partial charge on any atom is -0.444 e. The van der Waals surface area contributed by atoms with Crippen molar-refractivity contribution >= 4 is 6.09 Å². The number of nitrogens with one attached hydrogen (secondary N) is 2. The molecule has 0 aromatic heterocycles. The Morgan fingerprint density at radius 2 is 2.00 bits per heavy atom. The highest BCUT2D eigenvalue weighted by atomic mass is 16.6. The third kappa shape index (κ3) is 6.97. The number of hydrogen-bond donors (Lipinski definition) is 2. The first-order valence-electron chi connectivity index (χ1n) is 5.90. The standard InChI is InChI=1S/C12H22N2O3/c1-12(2,3)17-11(15)14-7-5-4-6-13-10-8-16-9-10/h4-5,10,13H,6-9H2,1-3H3,(H,14,15)/b5-4+. The van der Waals surface area contributed by atoms with Crippen molar-refractivity contribution in [3.05, 3.63) is 12.2 Å². The maximum atomic E-state index is 11.3. The number of ether oxygens (including phenoxy) is 2. The number of amides is 1. The third-order valence-electron chi connectivity index (χ3n) is 2.09. The highest BCUT2D eigenvalue weighted by Crippen LogP contribution is 2.06. The van der Waals surface area contributed by atoms with E-state index in [9.17, 15) is 4.79 Å². The fraction of sp³-hybridized carbons (Fsp3) is 0.750. The lowest BCUT2D eigenvalue weighted by atomic mass is 10.2. The third-order valence-corrected chi connectivity index (χ3v) is 2.09. The Labute approximate surface area is 103 Å². The Morgan fingerprint density at radius 3 is 2.53 bits per heavy atom. The molecule has 1 fully saturated rings. The van der Waals surface area contributed by atoms with Crippen LogP contribution < -0.4 is 10.6 Å². The molecule has 0 unspecified atom stereocenters. The Balaban J connectivity index is 1.98. The lowest BCUT2D eigenvalue weighted by Gasteiger charge is -2.26. The predicted molar refractivity (Wildman–Crippen MR) is 66.0 cm³/mol. The van der Waals surface area contributed by atoms with E-state index in [-0.39, 0.29) is 6.09 Å². The summed E-state index contributed by atoms with van der Waals surface area (Å²) in [6.45, 7) is 8.39. The molecular formula is C12H22N2O3. The Bertz CT molecular complexity index is 267. The van der Waals surface area contributed by atoms with Gasteiger partial charge in [0.1, 0.15) is 5.60 Å². The van der Waals surface area contributed by atoms with Crippen molar-refractivity contribution in [2.45, 2.75) is 32.4 Å². The van der Waals surface area contributed by atoms with Crippen LogP contribution in [0.4, 0.5) is 4.79 Å². The van der Waals surface area contributed by atoms with Crippen LogP contribution in [-0.2, 0) is 9.47 Å². The number of carbonyl (C=O) groups excluding carboxylic acids is 1. The van der Waals surface area contributed by atoms with Gasteiger partial charge < -0.3 is 20.1 Å². The maximum absolute atomic E-state index is 11.3. The van der Waals surface area contributed by atoms with Gasteiger partial charge in [-0.05, 0) is 20.8 Å². The second-order valence-corrected chi connectivity index (χ2v) is 5.00. The summed E-state index contributed by atoms with van der Waals surface area (Å²) in [5.74, 6) is 0. The van der Waals surface area contributed by atoms with Crippen LogP contribution in [0.1, 0.15) is 20.8 Å². The van der Waals surface area contributed by atoms with Gasteiger partial charge in [-0.1, -0.05) is 12.2 Å². The molecule has 1 aliphatic heterocycles. The second-order valence-electron chi connectivity index (χ2n) is 5.00. The molecule has 0 aliphatic carbocycles. The molecule has 1 amide bonds. The first kappa shape index (κ1) is 14.0. The van der Waals surface area contributed by atoms with Gasteiger partial charge in [-0.3, -0.25) is 0 Å². The summed E-state index contributed by atoms with van der Waals surface area (Å²) in [5.41, 5.74) is -0.445. The van der Waals surface area contributed by atoms with Gasteiger partial charge in [-0.25, -0.2) is 4.79 Å². The quantitative estimate of drug-likeness (QED) is 0.708. The molecule has 5 heteroatoms. The summed E-state index contributed by atoms with van der Waals surface area (Å²) in [6, 6.07) is 0.485. The van der Waals surface area contributed by atoms with Gasteiger partial charge in [-0.15, -0.1) is 0 Å². The SMILES string of the molecule is CC(C)(C)OC(=O)NC/C=C/CNC1COC1. The van der Waals surface area contributed by atoms with Crippen LogP contribution in [0.3, 0.4) is 0 Å². The van der Waals surface area contributed by atoms with Crippen molar-refractivity contribution in [1.82, 2.24) is 10.6 Å². The summed E-state index contributed by atoms with van der Waals surface area (Å²) in [6.07, 6.45) is 3.49. The van der Waals surface area contributed by atoms with Crippen molar-refractivity contribution < 1.29 is 14.3 Å². The van der Waals surface area contributed by atoms with E-state index >= 15 is 0 Å². The first-order valence-corrected chi connectivity index (χ1v) is 5.90. The molecule has 1 heterocycles. The summed E-state index contributed by atoms with van der Waals surface area (Å²) >= 11 is 0. The van der Waals surface area contributed by atoms with E-state index in [1.165, 1.54) is 0 Å². The van der Waals surface area contributed by atoms with Crippen LogP contribution in [0.5, 0.6) is 0 Å². The average molecular weight is 242 g/mol. The molecule has 0 atom stereocenters. The highest BCUT2D eigenvalue weighted by molar-refractivity contribution is 5.67. The van der Waals surface area contributed by atoms with E-state index in [1.54, 1.807) is 0 Å². The summed E-state index contributed by atoms with van der Waals surface area (Å²) in [7, 11) is 0. The van der Waals surface area contributed by atoms with E-state index in [4.69, 9.17) is 9.47 Å². The second kappa shape index (κ2) is 6.61. The molecule has 0 bridgehead atoms. The van der Waals surface area contributed by atoms with Gasteiger partial charge in [-0.2, -0.15) is 0 Å².